The van der Waals surface area contributed by atoms with Gasteiger partial charge in [-0.3, -0.25) is 0 Å². The molecular weight excluding hydrogens is 234 g/mol. The number of hydrogen-bond donors (Lipinski definition) is 1. The largest absolute Gasteiger partial charge is 0.372 e. The number of rotatable bonds is 2. The number of hydrogen-bond acceptors (Lipinski definition) is 2. The molecule has 2 aliphatic rings. The lowest BCUT2D eigenvalue weighted by atomic mass is 9.65. The highest BCUT2D eigenvalue weighted by Gasteiger charge is 2.36. The van der Waals surface area contributed by atoms with Crippen LogP contribution in [0.5, 0.6) is 0 Å². The highest BCUT2D eigenvalue weighted by Crippen LogP contribution is 2.46. The minimum absolute atomic E-state index is 0.168. The molecule has 1 saturated carbocycles. The Morgan fingerprint density at radius 2 is 2.00 bits per heavy atom. The van der Waals surface area contributed by atoms with Crippen LogP contribution in [-0.2, 0) is 18.0 Å². The molecule has 0 aromatic heterocycles. The average molecular weight is 259 g/mol. The Hall–Kier alpha value is -0.860. The topological polar surface area (TPSA) is 35.2 Å². The van der Waals surface area contributed by atoms with E-state index >= 15 is 0 Å². The van der Waals surface area contributed by atoms with E-state index in [2.05, 4.69) is 32.0 Å². The van der Waals surface area contributed by atoms with Gasteiger partial charge in [-0.25, -0.2) is 0 Å². The molecule has 0 radical (unpaired) electrons. The summed E-state index contributed by atoms with van der Waals surface area (Å²) in [5.74, 6) is 0.599. The average Bonchev–Trinajstić information content (AvgIpc) is 2.84. The molecule has 0 saturated heterocycles. The zero-order valence-electron chi connectivity index (χ0n) is 12.1. The van der Waals surface area contributed by atoms with Gasteiger partial charge < -0.3 is 10.5 Å². The molecule has 2 nitrogen and oxygen atoms in total. The van der Waals surface area contributed by atoms with E-state index in [4.69, 9.17) is 10.5 Å². The maximum absolute atomic E-state index is 6.60. The van der Waals surface area contributed by atoms with Crippen LogP contribution < -0.4 is 5.73 Å². The third-order valence-corrected chi connectivity index (χ3v) is 5.15. The second-order valence-corrected chi connectivity index (χ2v) is 6.89. The van der Waals surface area contributed by atoms with Crippen LogP contribution in [0.2, 0.25) is 0 Å². The van der Waals surface area contributed by atoms with Gasteiger partial charge in [0.2, 0.25) is 0 Å². The van der Waals surface area contributed by atoms with Gasteiger partial charge in [-0.15, -0.1) is 0 Å². The number of nitrogens with two attached hydrogens (primary N) is 1. The Labute approximate surface area is 116 Å². The van der Waals surface area contributed by atoms with Crippen LogP contribution in [-0.4, -0.2) is 0 Å². The summed E-state index contributed by atoms with van der Waals surface area (Å²) in [4.78, 5) is 0. The van der Waals surface area contributed by atoms with Crippen molar-refractivity contribution in [2.24, 2.45) is 17.1 Å². The summed E-state index contributed by atoms with van der Waals surface area (Å²) in [7, 11) is 0. The van der Waals surface area contributed by atoms with Crippen molar-refractivity contribution in [1.82, 2.24) is 0 Å². The molecule has 2 atom stereocenters. The number of ether oxygens (including phenoxy) is 1. The zero-order valence-corrected chi connectivity index (χ0v) is 12.1. The van der Waals surface area contributed by atoms with Crippen molar-refractivity contribution in [1.29, 1.82) is 0 Å². The fourth-order valence-electron chi connectivity index (χ4n) is 3.82. The van der Waals surface area contributed by atoms with E-state index in [-0.39, 0.29) is 6.04 Å². The zero-order chi connectivity index (χ0) is 13.5. The summed E-state index contributed by atoms with van der Waals surface area (Å²) < 4.78 is 5.50. The maximum Gasteiger partial charge on any atom is 0.0725 e. The van der Waals surface area contributed by atoms with Crippen LogP contribution >= 0.6 is 0 Å². The van der Waals surface area contributed by atoms with E-state index in [1.807, 2.05) is 0 Å². The first-order chi connectivity index (χ1) is 9.08. The first kappa shape index (κ1) is 13.1. The van der Waals surface area contributed by atoms with Crippen molar-refractivity contribution in [2.75, 3.05) is 0 Å². The molecule has 1 heterocycles. The minimum atomic E-state index is 0.168. The van der Waals surface area contributed by atoms with Crippen molar-refractivity contribution in [3.05, 3.63) is 34.9 Å². The van der Waals surface area contributed by atoms with Crippen LogP contribution in [0.1, 0.15) is 62.3 Å². The molecule has 2 N–H and O–H groups in total. The highest BCUT2D eigenvalue weighted by molar-refractivity contribution is 5.35. The molecule has 0 spiro atoms. The maximum atomic E-state index is 6.60. The molecular formula is C17H25NO. The van der Waals surface area contributed by atoms with Crippen LogP contribution in [0, 0.1) is 11.3 Å². The lowest BCUT2D eigenvalue weighted by molar-refractivity contribution is 0.112. The lowest BCUT2D eigenvalue weighted by Gasteiger charge is -2.42. The van der Waals surface area contributed by atoms with E-state index in [1.165, 1.54) is 42.4 Å². The van der Waals surface area contributed by atoms with Gasteiger partial charge in [-0.2, -0.15) is 0 Å². The molecule has 1 aliphatic carbocycles. The highest BCUT2D eigenvalue weighted by atomic mass is 16.5. The van der Waals surface area contributed by atoms with E-state index in [0.29, 0.717) is 11.3 Å². The molecule has 104 valence electrons. The SMILES string of the molecule is CC1(C)CCCCC1C(N)c1ccc2c(c1)COC2. The molecule has 2 unspecified atom stereocenters. The fraction of sp³-hybridized carbons (Fsp3) is 0.647. The van der Waals surface area contributed by atoms with Gasteiger partial charge in [-0.05, 0) is 40.9 Å². The first-order valence-corrected chi connectivity index (χ1v) is 7.53. The van der Waals surface area contributed by atoms with Gasteiger partial charge in [0.1, 0.15) is 0 Å². The standard InChI is InChI=1S/C17H25NO/c1-17(2)8-4-3-5-15(17)16(18)12-6-7-13-10-19-11-14(13)9-12/h6-7,9,15-16H,3-5,8,10-11,18H2,1-2H3. The van der Waals surface area contributed by atoms with Crippen LogP contribution in [0.3, 0.4) is 0 Å². The van der Waals surface area contributed by atoms with Gasteiger partial charge in [0.15, 0.2) is 0 Å². The molecule has 0 amide bonds. The third-order valence-electron chi connectivity index (χ3n) is 5.15. The van der Waals surface area contributed by atoms with E-state index in [1.54, 1.807) is 0 Å². The van der Waals surface area contributed by atoms with Gasteiger partial charge in [0, 0.05) is 6.04 Å². The van der Waals surface area contributed by atoms with Crippen LogP contribution in [0.15, 0.2) is 18.2 Å². The van der Waals surface area contributed by atoms with Crippen LogP contribution in [0.4, 0.5) is 0 Å². The third kappa shape index (κ3) is 2.44. The summed E-state index contributed by atoms with van der Waals surface area (Å²) in [5.41, 5.74) is 10.9. The second-order valence-electron chi connectivity index (χ2n) is 6.89. The summed E-state index contributed by atoms with van der Waals surface area (Å²) in [5, 5.41) is 0. The molecule has 2 heteroatoms. The van der Waals surface area contributed by atoms with Crippen molar-refractivity contribution in [2.45, 2.75) is 58.8 Å². The molecule has 3 rings (SSSR count). The predicted molar refractivity (Wildman–Crippen MR) is 77.6 cm³/mol. The Morgan fingerprint density at radius 1 is 1.21 bits per heavy atom. The summed E-state index contributed by atoms with van der Waals surface area (Å²) in [6.07, 6.45) is 5.26. The van der Waals surface area contributed by atoms with Gasteiger partial charge in [0.25, 0.3) is 0 Å². The Balaban J connectivity index is 1.85. The van der Waals surface area contributed by atoms with Crippen LogP contribution in [0.25, 0.3) is 0 Å². The molecule has 1 aromatic carbocycles. The summed E-state index contributed by atoms with van der Waals surface area (Å²) >= 11 is 0. The number of fused-ring (bicyclic) bond motifs is 1. The van der Waals surface area contributed by atoms with E-state index < -0.39 is 0 Å². The Kier molecular flexibility index (Phi) is 3.40. The fourth-order valence-corrected chi connectivity index (χ4v) is 3.82. The van der Waals surface area contributed by atoms with Crippen molar-refractivity contribution >= 4 is 0 Å². The molecule has 19 heavy (non-hydrogen) atoms. The quantitative estimate of drug-likeness (QED) is 0.873. The lowest BCUT2D eigenvalue weighted by Crippen LogP contribution is -2.36. The van der Waals surface area contributed by atoms with Crippen molar-refractivity contribution < 1.29 is 4.74 Å². The predicted octanol–water partition coefficient (Wildman–Crippen LogP) is 3.93. The Bertz CT molecular complexity index is 466. The minimum Gasteiger partial charge on any atom is -0.372 e. The van der Waals surface area contributed by atoms with Gasteiger partial charge in [-0.1, -0.05) is 44.9 Å². The molecule has 0 bridgehead atoms. The van der Waals surface area contributed by atoms with Crippen molar-refractivity contribution in [3.8, 4) is 0 Å². The number of benzene rings is 1. The summed E-state index contributed by atoms with van der Waals surface area (Å²) in [6.45, 7) is 6.28. The monoisotopic (exact) mass is 259 g/mol. The molecule has 1 fully saturated rings. The van der Waals surface area contributed by atoms with E-state index in [9.17, 15) is 0 Å². The molecule has 1 aromatic rings. The molecule has 1 aliphatic heterocycles. The van der Waals surface area contributed by atoms with Gasteiger partial charge >= 0.3 is 0 Å². The first-order valence-electron chi connectivity index (χ1n) is 7.53. The van der Waals surface area contributed by atoms with Gasteiger partial charge in [0.05, 0.1) is 13.2 Å². The Morgan fingerprint density at radius 3 is 2.79 bits per heavy atom. The second kappa shape index (κ2) is 4.92. The smallest absolute Gasteiger partial charge is 0.0725 e. The normalized spacial score (nSPS) is 27.0. The summed E-state index contributed by atoms with van der Waals surface area (Å²) in [6, 6.07) is 6.86. The van der Waals surface area contributed by atoms with Crippen molar-refractivity contribution in [3.63, 3.8) is 0 Å². The van der Waals surface area contributed by atoms with E-state index in [0.717, 1.165) is 13.2 Å².